The van der Waals surface area contributed by atoms with Gasteiger partial charge in [0.05, 0.1) is 12.3 Å². The molecule has 0 fully saturated rings. The standard InChI is InChI=1S/C15H18O5/c1-19-14(20-2)9-8-12(15(17,18)10-14)13(16)11-6-4-3-5-7-11/h3-9,12,17-18H,10H2,1-2H3. The Morgan fingerprint density at radius 1 is 1.20 bits per heavy atom. The molecule has 2 N–H and O–H groups in total. The van der Waals surface area contributed by atoms with Crippen molar-refractivity contribution in [3.05, 3.63) is 48.0 Å². The maximum Gasteiger partial charge on any atom is 0.192 e. The third-order valence-corrected chi connectivity index (χ3v) is 3.58. The summed E-state index contributed by atoms with van der Waals surface area (Å²) in [6.45, 7) is 0. The van der Waals surface area contributed by atoms with Crippen LogP contribution >= 0.6 is 0 Å². The first-order valence-electron chi connectivity index (χ1n) is 6.28. The van der Waals surface area contributed by atoms with Gasteiger partial charge in [0.25, 0.3) is 0 Å². The number of ketones is 1. The molecule has 0 bridgehead atoms. The summed E-state index contributed by atoms with van der Waals surface area (Å²) in [5.74, 6) is -4.86. The number of carbonyl (C=O) groups is 1. The molecule has 5 nitrogen and oxygen atoms in total. The zero-order valence-corrected chi connectivity index (χ0v) is 11.4. The van der Waals surface area contributed by atoms with Crippen molar-refractivity contribution in [3.63, 3.8) is 0 Å². The lowest BCUT2D eigenvalue weighted by Gasteiger charge is -2.40. The van der Waals surface area contributed by atoms with Gasteiger partial charge in [-0.05, 0) is 6.08 Å². The molecular formula is C15H18O5. The van der Waals surface area contributed by atoms with Crippen LogP contribution in [0.5, 0.6) is 0 Å². The Hall–Kier alpha value is -1.53. The van der Waals surface area contributed by atoms with E-state index in [0.717, 1.165) is 0 Å². The summed E-state index contributed by atoms with van der Waals surface area (Å²) < 4.78 is 10.3. The fourth-order valence-corrected chi connectivity index (χ4v) is 2.37. The van der Waals surface area contributed by atoms with Crippen LogP contribution < -0.4 is 0 Å². The normalized spacial score (nSPS) is 23.5. The van der Waals surface area contributed by atoms with E-state index in [1.807, 2.05) is 0 Å². The monoisotopic (exact) mass is 278 g/mol. The Morgan fingerprint density at radius 3 is 2.30 bits per heavy atom. The zero-order valence-electron chi connectivity index (χ0n) is 11.4. The molecule has 1 aliphatic rings. The molecule has 1 aromatic rings. The Bertz CT molecular complexity index is 502. The van der Waals surface area contributed by atoms with Crippen LogP contribution in [0.3, 0.4) is 0 Å². The summed E-state index contributed by atoms with van der Waals surface area (Å²) in [5, 5.41) is 20.4. The fraction of sp³-hybridized carbons (Fsp3) is 0.400. The van der Waals surface area contributed by atoms with Crippen molar-refractivity contribution in [2.45, 2.75) is 18.0 Å². The highest BCUT2D eigenvalue weighted by molar-refractivity contribution is 5.99. The number of carbonyl (C=O) groups excluding carboxylic acids is 1. The number of aliphatic hydroxyl groups is 2. The Kier molecular flexibility index (Phi) is 4.06. The van der Waals surface area contributed by atoms with Gasteiger partial charge in [0.2, 0.25) is 0 Å². The molecular weight excluding hydrogens is 260 g/mol. The number of hydrogen-bond acceptors (Lipinski definition) is 5. The van der Waals surface area contributed by atoms with Crippen LogP contribution in [0.2, 0.25) is 0 Å². The van der Waals surface area contributed by atoms with Gasteiger partial charge in [-0.25, -0.2) is 0 Å². The van der Waals surface area contributed by atoms with Gasteiger partial charge >= 0.3 is 0 Å². The topological polar surface area (TPSA) is 76.0 Å². The van der Waals surface area contributed by atoms with E-state index < -0.39 is 17.5 Å². The quantitative estimate of drug-likeness (QED) is 0.490. The summed E-state index contributed by atoms with van der Waals surface area (Å²) in [6, 6.07) is 8.52. The van der Waals surface area contributed by atoms with Gasteiger partial charge < -0.3 is 19.7 Å². The molecule has 5 heteroatoms. The third-order valence-electron chi connectivity index (χ3n) is 3.58. The van der Waals surface area contributed by atoms with E-state index in [9.17, 15) is 15.0 Å². The Labute approximate surface area is 117 Å². The SMILES string of the molecule is COC1(OC)C=CC(C(=O)c2ccccc2)C(O)(O)C1. The molecule has 0 heterocycles. The van der Waals surface area contributed by atoms with Gasteiger partial charge in [0, 0.05) is 19.8 Å². The molecule has 108 valence electrons. The van der Waals surface area contributed by atoms with Gasteiger partial charge in [-0.15, -0.1) is 0 Å². The van der Waals surface area contributed by atoms with Crippen LogP contribution in [0.1, 0.15) is 16.8 Å². The Morgan fingerprint density at radius 2 is 1.80 bits per heavy atom. The highest BCUT2D eigenvalue weighted by Gasteiger charge is 2.49. The number of benzene rings is 1. The van der Waals surface area contributed by atoms with Gasteiger partial charge in [-0.3, -0.25) is 4.79 Å². The summed E-state index contributed by atoms with van der Waals surface area (Å²) in [4.78, 5) is 12.4. The lowest BCUT2D eigenvalue weighted by Crippen LogP contribution is -2.52. The predicted octanol–water partition coefficient (Wildman–Crippen LogP) is 1.12. The van der Waals surface area contributed by atoms with E-state index in [0.29, 0.717) is 5.56 Å². The number of hydrogen-bond donors (Lipinski definition) is 2. The summed E-state index contributed by atoms with van der Waals surface area (Å²) >= 11 is 0. The van der Waals surface area contributed by atoms with E-state index >= 15 is 0 Å². The molecule has 0 saturated carbocycles. The molecule has 1 unspecified atom stereocenters. The van der Waals surface area contributed by atoms with Crippen LogP contribution in [-0.4, -0.2) is 41.8 Å². The first kappa shape index (κ1) is 14.9. The van der Waals surface area contributed by atoms with Crippen molar-refractivity contribution in [3.8, 4) is 0 Å². The molecule has 1 aromatic carbocycles. The van der Waals surface area contributed by atoms with Gasteiger partial charge in [0.15, 0.2) is 17.4 Å². The molecule has 0 amide bonds. The summed E-state index contributed by atoms with van der Waals surface area (Å²) in [5.41, 5.74) is 0.428. The van der Waals surface area contributed by atoms with Crippen LogP contribution in [-0.2, 0) is 9.47 Å². The summed E-state index contributed by atoms with van der Waals surface area (Å²) in [6.07, 6.45) is 2.72. The minimum absolute atomic E-state index is 0.243. The highest BCUT2D eigenvalue weighted by atomic mass is 16.7. The van der Waals surface area contributed by atoms with E-state index in [1.54, 1.807) is 36.4 Å². The van der Waals surface area contributed by atoms with Crippen molar-refractivity contribution < 1.29 is 24.5 Å². The molecule has 0 radical (unpaired) electrons. The smallest absolute Gasteiger partial charge is 0.192 e. The van der Waals surface area contributed by atoms with Crippen molar-refractivity contribution in [2.24, 2.45) is 5.92 Å². The Balaban J connectivity index is 2.32. The maximum atomic E-state index is 12.4. The maximum absolute atomic E-state index is 12.4. The number of methoxy groups -OCH3 is 2. The molecule has 1 atom stereocenters. The largest absolute Gasteiger partial charge is 0.365 e. The molecule has 0 spiro atoms. The predicted molar refractivity (Wildman–Crippen MR) is 71.9 cm³/mol. The van der Waals surface area contributed by atoms with Gasteiger partial charge in [-0.1, -0.05) is 36.4 Å². The second-order valence-corrected chi connectivity index (χ2v) is 4.84. The second-order valence-electron chi connectivity index (χ2n) is 4.84. The first-order chi connectivity index (χ1) is 9.44. The summed E-state index contributed by atoms with van der Waals surface area (Å²) in [7, 11) is 2.81. The molecule has 20 heavy (non-hydrogen) atoms. The minimum Gasteiger partial charge on any atom is -0.365 e. The van der Waals surface area contributed by atoms with Gasteiger partial charge in [-0.2, -0.15) is 0 Å². The van der Waals surface area contributed by atoms with Crippen LogP contribution in [0, 0.1) is 5.92 Å². The van der Waals surface area contributed by atoms with Crippen LogP contribution in [0.4, 0.5) is 0 Å². The van der Waals surface area contributed by atoms with E-state index in [4.69, 9.17) is 9.47 Å². The number of ether oxygens (including phenoxy) is 2. The molecule has 0 saturated heterocycles. The second kappa shape index (κ2) is 5.46. The minimum atomic E-state index is -2.23. The lowest BCUT2D eigenvalue weighted by molar-refractivity contribution is -0.269. The van der Waals surface area contributed by atoms with Crippen molar-refractivity contribution in [2.75, 3.05) is 14.2 Å². The number of Topliss-reactive ketones (excluding diaryl/α,β-unsaturated/α-hetero) is 1. The van der Waals surface area contributed by atoms with E-state index in [2.05, 4.69) is 0 Å². The van der Waals surface area contributed by atoms with E-state index in [-0.39, 0.29) is 12.2 Å². The lowest BCUT2D eigenvalue weighted by atomic mass is 9.81. The van der Waals surface area contributed by atoms with Crippen molar-refractivity contribution in [1.82, 2.24) is 0 Å². The molecule has 0 aliphatic heterocycles. The molecule has 2 rings (SSSR count). The zero-order chi connectivity index (χ0) is 14.8. The number of rotatable bonds is 4. The fourth-order valence-electron chi connectivity index (χ4n) is 2.37. The van der Waals surface area contributed by atoms with Gasteiger partial charge in [0.1, 0.15) is 0 Å². The first-order valence-corrected chi connectivity index (χ1v) is 6.28. The van der Waals surface area contributed by atoms with E-state index in [1.165, 1.54) is 20.3 Å². The average molecular weight is 278 g/mol. The third kappa shape index (κ3) is 2.66. The van der Waals surface area contributed by atoms with Crippen LogP contribution in [0.25, 0.3) is 0 Å². The highest BCUT2D eigenvalue weighted by Crippen LogP contribution is 2.37. The molecule has 1 aliphatic carbocycles. The average Bonchev–Trinajstić information content (AvgIpc) is 2.46. The van der Waals surface area contributed by atoms with Crippen molar-refractivity contribution >= 4 is 5.78 Å². The van der Waals surface area contributed by atoms with Crippen LogP contribution in [0.15, 0.2) is 42.5 Å². The molecule has 0 aromatic heterocycles. The van der Waals surface area contributed by atoms with Crippen molar-refractivity contribution in [1.29, 1.82) is 0 Å².